The lowest BCUT2D eigenvalue weighted by Crippen LogP contribution is -2.08. The second kappa shape index (κ2) is 3.37. The van der Waals surface area contributed by atoms with Gasteiger partial charge in [-0.3, -0.25) is 4.79 Å². The van der Waals surface area contributed by atoms with Crippen molar-refractivity contribution in [2.24, 2.45) is 0 Å². The minimum absolute atomic E-state index is 0.175. The monoisotopic (exact) mass is 188 g/mol. The largest absolute Gasteiger partial charge is 0.311 e. The van der Waals surface area contributed by atoms with E-state index in [0.29, 0.717) is 17.2 Å². The highest BCUT2D eigenvalue weighted by Gasteiger charge is 2.01. The summed E-state index contributed by atoms with van der Waals surface area (Å²) < 4.78 is 0. The standard InChI is InChI=1S/C9H8N4O/c1-6-12-8(4-9(14)13-6)7-2-3-10-5-11-7/h2-5H,1H3,(H,12,13,14). The number of hydrogen-bond acceptors (Lipinski definition) is 4. The molecule has 0 aliphatic rings. The minimum Gasteiger partial charge on any atom is -0.311 e. The summed E-state index contributed by atoms with van der Waals surface area (Å²) in [5.41, 5.74) is 1.04. The van der Waals surface area contributed by atoms with Crippen LogP contribution in [0.3, 0.4) is 0 Å². The van der Waals surface area contributed by atoms with Crippen LogP contribution in [-0.2, 0) is 0 Å². The summed E-state index contributed by atoms with van der Waals surface area (Å²) in [6, 6.07) is 3.12. The molecule has 0 saturated heterocycles. The molecule has 0 unspecified atom stereocenters. The molecule has 2 aromatic rings. The van der Waals surface area contributed by atoms with E-state index in [9.17, 15) is 4.79 Å². The maximum absolute atomic E-state index is 11.1. The molecular weight excluding hydrogens is 180 g/mol. The van der Waals surface area contributed by atoms with Gasteiger partial charge in [0.2, 0.25) is 0 Å². The summed E-state index contributed by atoms with van der Waals surface area (Å²) >= 11 is 0. The molecule has 0 radical (unpaired) electrons. The minimum atomic E-state index is -0.175. The Morgan fingerprint density at radius 1 is 1.36 bits per heavy atom. The molecule has 2 rings (SSSR count). The van der Waals surface area contributed by atoms with Gasteiger partial charge in [-0.15, -0.1) is 0 Å². The third kappa shape index (κ3) is 1.66. The van der Waals surface area contributed by atoms with Crippen molar-refractivity contribution in [2.45, 2.75) is 6.92 Å². The Bertz CT molecular complexity index is 492. The average Bonchev–Trinajstić information content (AvgIpc) is 2.18. The van der Waals surface area contributed by atoms with Gasteiger partial charge in [-0.25, -0.2) is 15.0 Å². The topological polar surface area (TPSA) is 71.5 Å². The first-order chi connectivity index (χ1) is 6.75. The van der Waals surface area contributed by atoms with Crippen LogP contribution < -0.4 is 5.56 Å². The zero-order chi connectivity index (χ0) is 9.97. The number of hydrogen-bond donors (Lipinski definition) is 1. The molecule has 2 heterocycles. The molecule has 5 nitrogen and oxygen atoms in total. The highest BCUT2D eigenvalue weighted by molar-refractivity contribution is 5.52. The van der Waals surface area contributed by atoms with Gasteiger partial charge in [0.25, 0.3) is 5.56 Å². The number of aromatic nitrogens is 4. The Balaban J connectivity index is 2.58. The molecule has 14 heavy (non-hydrogen) atoms. The SMILES string of the molecule is Cc1nc(-c2ccncn2)cc(=O)[nH]1. The van der Waals surface area contributed by atoms with Crippen LogP contribution in [0.25, 0.3) is 11.4 Å². The second-order valence-corrected chi connectivity index (χ2v) is 2.81. The molecule has 2 aromatic heterocycles. The maximum atomic E-state index is 11.1. The van der Waals surface area contributed by atoms with Crippen molar-refractivity contribution in [3.63, 3.8) is 0 Å². The van der Waals surface area contributed by atoms with Crippen LogP contribution in [0.4, 0.5) is 0 Å². The van der Waals surface area contributed by atoms with E-state index < -0.39 is 0 Å². The molecule has 0 aliphatic carbocycles. The molecule has 0 fully saturated rings. The Morgan fingerprint density at radius 2 is 2.21 bits per heavy atom. The first kappa shape index (κ1) is 8.55. The van der Waals surface area contributed by atoms with Crippen molar-refractivity contribution in [2.75, 3.05) is 0 Å². The van der Waals surface area contributed by atoms with Gasteiger partial charge in [-0.1, -0.05) is 0 Å². The molecule has 0 aromatic carbocycles. The van der Waals surface area contributed by atoms with Gasteiger partial charge in [0.15, 0.2) is 0 Å². The summed E-state index contributed by atoms with van der Waals surface area (Å²) in [7, 11) is 0. The summed E-state index contributed by atoms with van der Waals surface area (Å²) in [5.74, 6) is 0.575. The summed E-state index contributed by atoms with van der Waals surface area (Å²) in [6.07, 6.45) is 3.04. The summed E-state index contributed by atoms with van der Waals surface area (Å²) in [4.78, 5) is 25.7. The zero-order valence-corrected chi connectivity index (χ0v) is 7.56. The van der Waals surface area contributed by atoms with Crippen molar-refractivity contribution < 1.29 is 0 Å². The fraction of sp³-hybridized carbons (Fsp3) is 0.111. The van der Waals surface area contributed by atoms with E-state index in [4.69, 9.17) is 0 Å². The molecule has 5 heteroatoms. The molecule has 0 bridgehead atoms. The van der Waals surface area contributed by atoms with E-state index in [2.05, 4.69) is 19.9 Å². The highest BCUT2D eigenvalue weighted by atomic mass is 16.1. The smallest absolute Gasteiger partial charge is 0.251 e. The van der Waals surface area contributed by atoms with Gasteiger partial charge in [-0.05, 0) is 13.0 Å². The second-order valence-electron chi connectivity index (χ2n) is 2.81. The lowest BCUT2D eigenvalue weighted by atomic mass is 10.3. The van der Waals surface area contributed by atoms with E-state index in [1.54, 1.807) is 19.2 Å². The zero-order valence-electron chi connectivity index (χ0n) is 7.56. The molecule has 0 aliphatic heterocycles. The van der Waals surface area contributed by atoms with E-state index in [1.807, 2.05) is 0 Å². The first-order valence-electron chi connectivity index (χ1n) is 4.10. The van der Waals surface area contributed by atoms with Gasteiger partial charge >= 0.3 is 0 Å². The van der Waals surface area contributed by atoms with Crippen LogP contribution in [0.5, 0.6) is 0 Å². The van der Waals surface area contributed by atoms with Gasteiger partial charge in [-0.2, -0.15) is 0 Å². The van der Waals surface area contributed by atoms with Gasteiger partial charge in [0.05, 0.1) is 11.4 Å². The quantitative estimate of drug-likeness (QED) is 0.708. The lowest BCUT2D eigenvalue weighted by molar-refractivity contribution is 1.01. The third-order valence-electron chi connectivity index (χ3n) is 1.70. The van der Waals surface area contributed by atoms with Crippen molar-refractivity contribution in [1.29, 1.82) is 0 Å². The van der Waals surface area contributed by atoms with Crippen molar-refractivity contribution in [3.8, 4) is 11.4 Å². The van der Waals surface area contributed by atoms with Gasteiger partial charge in [0, 0.05) is 12.3 Å². The van der Waals surface area contributed by atoms with Crippen molar-refractivity contribution in [3.05, 3.63) is 40.8 Å². The number of aromatic amines is 1. The Kier molecular flexibility index (Phi) is 2.06. The Morgan fingerprint density at radius 3 is 2.86 bits per heavy atom. The number of nitrogens with one attached hydrogen (secondary N) is 1. The third-order valence-corrected chi connectivity index (χ3v) is 1.70. The van der Waals surface area contributed by atoms with Crippen LogP contribution in [0.1, 0.15) is 5.82 Å². The van der Waals surface area contributed by atoms with Crippen LogP contribution >= 0.6 is 0 Å². The van der Waals surface area contributed by atoms with Gasteiger partial charge < -0.3 is 4.98 Å². The van der Waals surface area contributed by atoms with E-state index >= 15 is 0 Å². The molecule has 0 amide bonds. The summed E-state index contributed by atoms with van der Waals surface area (Å²) in [6.45, 7) is 1.73. The fourth-order valence-electron chi connectivity index (χ4n) is 1.15. The maximum Gasteiger partial charge on any atom is 0.251 e. The molecule has 0 atom stereocenters. The lowest BCUT2D eigenvalue weighted by Gasteiger charge is -1.98. The van der Waals surface area contributed by atoms with Crippen LogP contribution in [0, 0.1) is 6.92 Å². The van der Waals surface area contributed by atoms with E-state index in [1.165, 1.54) is 12.4 Å². The number of aryl methyl sites for hydroxylation is 1. The molecule has 0 spiro atoms. The number of H-pyrrole nitrogens is 1. The predicted octanol–water partition coefficient (Wildman–Crippen LogP) is 0.535. The van der Waals surface area contributed by atoms with Crippen molar-refractivity contribution >= 4 is 0 Å². The number of nitrogens with zero attached hydrogens (tertiary/aromatic N) is 3. The molecule has 1 N–H and O–H groups in total. The van der Waals surface area contributed by atoms with E-state index in [-0.39, 0.29) is 5.56 Å². The van der Waals surface area contributed by atoms with Gasteiger partial charge in [0.1, 0.15) is 12.2 Å². The van der Waals surface area contributed by atoms with E-state index in [0.717, 1.165) is 0 Å². The fourth-order valence-corrected chi connectivity index (χ4v) is 1.15. The molecule has 0 saturated carbocycles. The molecule has 70 valence electrons. The number of rotatable bonds is 1. The van der Waals surface area contributed by atoms with Crippen molar-refractivity contribution in [1.82, 2.24) is 19.9 Å². The first-order valence-corrected chi connectivity index (χ1v) is 4.10. The normalized spacial score (nSPS) is 10.1. The van der Waals surface area contributed by atoms with Crippen LogP contribution in [0.15, 0.2) is 29.5 Å². The Hall–Kier alpha value is -2.04. The highest BCUT2D eigenvalue weighted by Crippen LogP contribution is 2.09. The molecular formula is C9H8N4O. The Labute approximate surface area is 79.9 Å². The predicted molar refractivity (Wildman–Crippen MR) is 50.6 cm³/mol. The summed E-state index contributed by atoms with van der Waals surface area (Å²) in [5, 5.41) is 0. The average molecular weight is 188 g/mol. The van der Waals surface area contributed by atoms with Crippen LogP contribution in [0.2, 0.25) is 0 Å². The van der Waals surface area contributed by atoms with Crippen LogP contribution in [-0.4, -0.2) is 19.9 Å².